The Hall–Kier alpha value is -2.63. The minimum Gasteiger partial charge on any atom is -0.369 e. The summed E-state index contributed by atoms with van der Waals surface area (Å²) in [5.74, 6) is 0.00547. The third-order valence-electron chi connectivity index (χ3n) is 4.12. The van der Waals surface area contributed by atoms with Gasteiger partial charge in [0.25, 0.3) is 5.56 Å². The quantitative estimate of drug-likeness (QED) is 0.890. The Balaban J connectivity index is 1.56. The van der Waals surface area contributed by atoms with Gasteiger partial charge in [0.05, 0.1) is 17.8 Å². The van der Waals surface area contributed by atoms with Gasteiger partial charge in [-0.25, -0.2) is 5.10 Å². The molecule has 1 atom stereocenters. The van der Waals surface area contributed by atoms with Gasteiger partial charge in [-0.3, -0.25) is 9.59 Å². The molecule has 0 unspecified atom stereocenters. The Morgan fingerprint density at radius 1 is 1.43 bits per heavy atom. The van der Waals surface area contributed by atoms with E-state index in [1.807, 2.05) is 30.0 Å². The topological polar surface area (TPSA) is 78.1 Å². The number of H-pyrrole nitrogens is 1. The number of nitrogens with zero attached hydrogens (tertiary/aromatic N) is 2. The van der Waals surface area contributed by atoms with Crippen molar-refractivity contribution in [3.63, 3.8) is 0 Å². The predicted octanol–water partition coefficient (Wildman–Crippen LogP) is 1.22. The van der Waals surface area contributed by atoms with E-state index in [0.29, 0.717) is 13.1 Å². The maximum Gasteiger partial charge on any atom is 0.266 e. The normalized spacial score (nSPS) is 17.3. The molecule has 3 rings (SSSR count). The number of carbonyl (C=O) groups excluding carboxylic acids is 1. The van der Waals surface area contributed by atoms with Crippen molar-refractivity contribution in [3.05, 3.63) is 58.0 Å². The van der Waals surface area contributed by atoms with Crippen molar-refractivity contribution in [1.29, 1.82) is 0 Å². The second-order valence-corrected chi connectivity index (χ2v) is 5.94. The van der Waals surface area contributed by atoms with Gasteiger partial charge in [0.15, 0.2) is 0 Å². The van der Waals surface area contributed by atoms with E-state index < -0.39 is 0 Å². The fraction of sp³-hybridized carbons (Fsp3) is 0.353. The Morgan fingerprint density at radius 3 is 3.09 bits per heavy atom. The van der Waals surface area contributed by atoms with Crippen LogP contribution in [-0.4, -0.2) is 29.2 Å². The number of benzene rings is 1. The lowest BCUT2D eigenvalue weighted by atomic mass is 10.1. The summed E-state index contributed by atoms with van der Waals surface area (Å²) in [7, 11) is 0. The van der Waals surface area contributed by atoms with Crippen LogP contribution in [0.15, 0.2) is 41.3 Å². The van der Waals surface area contributed by atoms with Crippen LogP contribution < -0.4 is 15.8 Å². The van der Waals surface area contributed by atoms with Gasteiger partial charge in [-0.2, -0.15) is 5.10 Å². The molecule has 0 aliphatic carbocycles. The number of aryl methyl sites for hydroxylation is 1. The minimum absolute atomic E-state index is 0.0564. The van der Waals surface area contributed by atoms with E-state index in [-0.39, 0.29) is 17.4 Å². The van der Waals surface area contributed by atoms with Gasteiger partial charge >= 0.3 is 0 Å². The zero-order valence-electron chi connectivity index (χ0n) is 13.1. The number of nitrogens with one attached hydrogen (secondary N) is 2. The average Bonchev–Trinajstić information content (AvgIpc) is 3.03. The number of aromatic amines is 1. The molecule has 1 amide bonds. The molecule has 1 saturated heterocycles. The standard InChI is InChI=1S/C17H20N4O2/c1-12-3-2-4-13(7-12)9-18-17(23)14-5-6-21(11-14)15-8-16(22)20-19-10-15/h2-4,7-8,10,14H,5-6,9,11H2,1H3,(H,18,23)(H,20,22)/t14-/m0/s1. The van der Waals surface area contributed by atoms with Crippen molar-refractivity contribution in [2.24, 2.45) is 5.92 Å². The van der Waals surface area contributed by atoms with E-state index in [2.05, 4.69) is 21.6 Å². The predicted molar refractivity (Wildman–Crippen MR) is 88.2 cm³/mol. The van der Waals surface area contributed by atoms with Crippen LogP contribution in [0.4, 0.5) is 5.69 Å². The van der Waals surface area contributed by atoms with Crippen LogP contribution in [0.2, 0.25) is 0 Å². The summed E-state index contributed by atoms with van der Waals surface area (Å²) < 4.78 is 0. The molecule has 1 aliphatic heterocycles. The smallest absolute Gasteiger partial charge is 0.266 e. The molecule has 6 nitrogen and oxygen atoms in total. The monoisotopic (exact) mass is 312 g/mol. The first kappa shape index (κ1) is 15.3. The summed E-state index contributed by atoms with van der Waals surface area (Å²) in [4.78, 5) is 25.7. The number of anilines is 1. The highest BCUT2D eigenvalue weighted by atomic mass is 16.2. The average molecular weight is 312 g/mol. The Bertz CT molecular complexity index is 756. The van der Waals surface area contributed by atoms with Crippen molar-refractivity contribution < 1.29 is 4.79 Å². The van der Waals surface area contributed by atoms with E-state index in [1.165, 1.54) is 11.6 Å². The molecular formula is C17H20N4O2. The highest BCUT2D eigenvalue weighted by Gasteiger charge is 2.28. The first-order chi connectivity index (χ1) is 11.1. The summed E-state index contributed by atoms with van der Waals surface area (Å²) >= 11 is 0. The molecule has 1 aromatic heterocycles. The minimum atomic E-state index is -0.227. The summed E-state index contributed by atoms with van der Waals surface area (Å²) in [6.45, 7) is 3.96. The van der Waals surface area contributed by atoms with Gasteiger partial charge < -0.3 is 10.2 Å². The van der Waals surface area contributed by atoms with E-state index in [1.54, 1.807) is 6.20 Å². The highest BCUT2D eigenvalue weighted by molar-refractivity contribution is 5.80. The van der Waals surface area contributed by atoms with E-state index in [0.717, 1.165) is 24.2 Å². The number of hydrogen-bond acceptors (Lipinski definition) is 4. The summed E-state index contributed by atoms with van der Waals surface area (Å²) in [6.07, 6.45) is 2.40. The number of hydrogen-bond donors (Lipinski definition) is 2. The van der Waals surface area contributed by atoms with Crippen LogP contribution in [0.3, 0.4) is 0 Å². The fourth-order valence-corrected chi connectivity index (χ4v) is 2.90. The number of carbonyl (C=O) groups is 1. The second kappa shape index (κ2) is 6.64. The van der Waals surface area contributed by atoms with Crippen molar-refractivity contribution in [3.8, 4) is 0 Å². The molecule has 120 valence electrons. The first-order valence-corrected chi connectivity index (χ1v) is 7.75. The molecule has 1 aromatic carbocycles. The van der Waals surface area contributed by atoms with E-state index >= 15 is 0 Å². The lowest BCUT2D eigenvalue weighted by molar-refractivity contribution is -0.124. The first-order valence-electron chi connectivity index (χ1n) is 7.75. The molecule has 0 saturated carbocycles. The molecule has 6 heteroatoms. The molecule has 1 fully saturated rings. The van der Waals surface area contributed by atoms with Crippen LogP contribution >= 0.6 is 0 Å². The number of amides is 1. The van der Waals surface area contributed by atoms with Crippen LogP contribution in [0.1, 0.15) is 17.5 Å². The molecule has 0 bridgehead atoms. The van der Waals surface area contributed by atoms with Gasteiger partial charge in [-0.1, -0.05) is 29.8 Å². The molecule has 23 heavy (non-hydrogen) atoms. The number of aromatic nitrogens is 2. The van der Waals surface area contributed by atoms with E-state index in [4.69, 9.17) is 0 Å². The lowest BCUT2D eigenvalue weighted by Crippen LogP contribution is -2.32. The van der Waals surface area contributed by atoms with Gasteiger partial charge in [0.2, 0.25) is 5.91 Å². The van der Waals surface area contributed by atoms with Gasteiger partial charge in [-0.15, -0.1) is 0 Å². The third-order valence-corrected chi connectivity index (χ3v) is 4.12. The number of rotatable bonds is 4. The van der Waals surface area contributed by atoms with Crippen molar-refractivity contribution in [1.82, 2.24) is 15.5 Å². The maximum absolute atomic E-state index is 12.3. The van der Waals surface area contributed by atoms with Crippen LogP contribution in [-0.2, 0) is 11.3 Å². The molecule has 2 aromatic rings. The highest BCUT2D eigenvalue weighted by Crippen LogP contribution is 2.22. The van der Waals surface area contributed by atoms with Crippen LogP contribution in [0.25, 0.3) is 0 Å². The lowest BCUT2D eigenvalue weighted by Gasteiger charge is -2.17. The largest absolute Gasteiger partial charge is 0.369 e. The third kappa shape index (κ3) is 3.77. The molecule has 0 radical (unpaired) electrons. The molecule has 1 aliphatic rings. The Kier molecular flexibility index (Phi) is 4.41. The summed E-state index contributed by atoms with van der Waals surface area (Å²) in [5, 5.41) is 9.17. The Morgan fingerprint density at radius 2 is 2.30 bits per heavy atom. The van der Waals surface area contributed by atoms with Gasteiger partial charge in [0, 0.05) is 25.7 Å². The Labute approximate surface area is 134 Å². The molecule has 2 heterocycles. The van der Waals surface area contributed by atoms with Crippen molar-refractivity contribution in [2.75, 3.05) is 18.0 Å². The van der Waals surface area contributed by atoms with Gasteiger partial charge in [-0.05, 0) is 18.9 Å². The zero-order valence-corrected chi connectivity index (χ0v) is 13.1. The van der Waals surface area contributed by atoms with Gasteiger partial charge in [0.1, 0.15) is 0 Å². The summed E-state index contributed by atoms with van der Waals surface area (Å²) in [5.41, 5.74) is 2.83. The maximum atomic E-state index is 12.3. The molecule has 2 N–H and O–H groups in total. The SMILES string of the molecule is Cc1cccc(CNC(=O)[C@H]2CCN(c3cn[nH]c(=O)c3)C2)c1. The zero-order chi connectivity index (χ0) is 16.2. The van der Waals surface area contributed by atoms with Crippen LogP contribution in [0.5, 0.6) is 0 Å². The fourth-order valence-electron chi connectivity index (χ4n) is 2.90. The van der Waals surface area contributed by atoms with E-state index in [9.17, 15) is 9.59 Å². The second-order valence-electron chi connectivity index (χ2n) is 5.94. The van der Waals surface area contributed by atoms with Crippen molar-refractivity contribution >= 4 is 11.6 Å². The van der Waals surface area contributed by atoms with Crippen LogP contribution in [0, 0.1) is 12.8 Å². The summed E-state index contributed by atoms with van der Waals surface area (Å²) in [6, 6.07) is 9.63. The van der Waals surface area contributed by atoms with Crippen molar-refractivity contribution in [2.45, 2.75) is 19.9 Å². The molecule has 0 spiro atoms. The molecular weight excluding hydrogens is 292 g/mol.